The fraction of sp³-hybridized carbons (Fsp3) is 0.933. The molecule has 0 aromatic rings. The maximum Gasteiger partial charge on any atom is 0.224 e. The van der Waals surface area contributed by atoms with Crippen LogP contribution in [0.15, 0.2) is 0 Å². The smallest absolute Gasteiger partial charge is 0.224 e. The Morgan fingerprint density at radius 1 is 1.26 bits per heavy atom. The second-order valence-corrected chi connectivity index (χ2v) is 6.01. The minimum atomic E-state index is 0.155. The summed E-state index contributed by atoms with van der Waals surface area (Å²) in [6, 6.07) is 0. The SMILES string of the molecule is CC1CCCCC1OCCNC(=O)C1CCCNC1. The van der Waals surface area contributed by atoms with Crippen LogP contribution in [0.4, 0.5) is 0 Å². The predicted molar refractivity (Wildman–Crippen MR) is 76.0 cm³/mol. The Morgan fingerprint density at radius 3 is 2.84 bits per heavy atom. The van der Waals surface area contributed by atoms with Crippen molar-refractivity contribution < 1.29 is 9.53 Å². The van der Waals surface area contributed by atoms with Gasteiger partial charge in [-0.1, -0.05) is 19.8 Å². The molecule has 1 aliphatic heterocycles. The first-order valence-electron chi connectivity index (χ1n) is 7.87. The molecule has 0 spiro atoms. The third-order valence-corrected chi connectivity index (χ3v) is 4.43. The number of hydrogen-bond acceptors (Lipinski definition) is 3. The maximum absolute atomic E-state index is 11.9. The molecule has 1 saturated carbocycles. The number of ether oxygens (including phenoxy) is 1. The highest BCUT2D eigenvalue weighted by Gasteiger charge is 2.22. The van der Waals surface area contributed by atoms with E-state index in [1.165, 1.54) is 25.7 Å². The van der Waals surface area contributed by atoms with Gasteiger partial charge in [0, 0.05) is 13.1 Å². The van der Waals surface area contributed by atoms with E-state index in [1.807, 2.05) is 0 Å². The molecule has 0 bridgehead atoms. The van der Waals surface area contributed by atoms with Gasteiger partial charge >= 0.3 is 0 Å². The number of nitrogens with one attached hydrogen (secondary N) is 2. The van der Waals surface area contributed by atoms with Crippen molar-refractivity contribution in [3.05, 3.63) is 0 Å². The lowest BCUT2D eigenvalue weighted by molar-refractivity contribution is -0.125. The van der Waals surface area contributed by atoms with Crippen molar-refractivity contribution >= 4 is 5.91 Å². The molecule has 3 atom stereocenters. The van der Waals surface area contributed by atoms with E-state index in [0.717, 1.165) is 25.9 Å². The van der Waals surface area contributed by atoms with Crippen LogP contribution in [-0.4, -0.2) is 38.3 Å². The van der Waals surface area contributed by atoms with Crippen molar-refractivity contribution in [3.8, 4) is 0 Å². The lowest BCUT2D eigenvalue weighted by Gasteiger charge is -2.29. The molecule has 2 N–H and O–H groups in total. The largest absolute Gasteiger partial charge is 0.376 e. The predicted octanol–water partition coefficient (Wildman–Crippen LogP) is 1.70. The number of carbonyl (C=O) groups excluding carboxylic acids is 1. The van der Waals surface area contributed by atoms with Gasteiger partial charge < -0.3 is 15.4 Å². The summed E-state index contributed by atoms with van der Waals surface area (Å²) in [6.07, 6.45) is 7.61. The molecule has 0 radical (unpaired) electrons. The summed E-state index contributed by atoms with van der Waals surface area (Å²) in [7, 11) is 0. The van der Waals surface area contributed by atoms with Gasteiger partial charge in [0.1, 0.15) is 0 Å². The quantitative estimate of drug-likeness (QED) is 0.746. The van der Waals surface area contributed by atoms with Gasteiger partial charge in [0.05, 0.1) is 18.6 Å². The average molecular weight is 268 g/mol. The fourth-order valence-electron chi connectivity index (χ4n) is 3.13. The van der Waals surface area contributed by atoms with Crippen molar-refractivity contribution in [1.29, 1.82) is 0 Å². The average Bonchev–Trinajstić information content (AvgIpc) is 2.46. The maximum atomic E-state index is 11.9. The summed E-state index contributed by atoms with van der Waals surface area (Å²) in [5.41, 5.74) is 0. The van der Waals surface area contributed by atoms with E-state index in [9.17, 15) is 4.79 Å². The minimum Gasteiger partial charge on any atom is -0.376 e. The summed E-state index contributed by atoms with van der Waals surface area (Å²) < 4.78 is 5.90. The lowest BCUT2D eigenvalue weighted by atomic mass is 9.88. The molecule has 1 amide bonds. The van der Waals surface area contributed by atoms with Crippen LogP contribution in [0.3, 0.4) is 0 Å². The molecule has 2 aliphatic rings. The van der Waals surface area contributed by atoms with Crippen LogP contribution >= 0.6 is 0 Å². The zero-order chi connectivity index (χ0) is 13.5. The van der Waals surface area contributed by atoms with Crippen LogP contribution < -0.4 is 10.6 Å². The van der Waals surface area contributed by atoms with Gasteiger partial charge in [-0.2, -0.15) is 0 Å². The summed E-state index contributed by atoms with van der Waals surface area (Å²) in [5, 5.41) is 6.27. The Kier molecular flexibility index (Phi) is 6.11. The monoisotopic (exact) mass is 268 g/mol. The molecule has 1 aliphatic carbocycles. The minimum absolute atomic E-state index is 0.155. The number of rotatable bonds is 5. The third kappa shape index (κ3) is 4.77. The topological polar surface area (TPSA) is 50.4 Å². The van der Waals surface area contributed by atoms with E-state index < -0.39 is 0 Å². The van der Waals surface area contributed by atoms with E-state index in [1.54, 1.807) is 0 Å². The first-order chi connectivity index (χ1) is 9.27. The molecule has 2 rings (SSSR count). The highest BCUT2D eigenvalue weighted by Crippen LogP contribution is 2.25. The molecule has 1 heterocycles. The van der Waals surface area contributed by atoms with E-state index >= 15 is 0 Å². The molecule has 2 fully saturated rings. The van der Waals surface area contributed by atoms with Crippen LogP contribution in [0.5, 0.6) is 0 Å². The molecule has 4 nitrogen and oxygen atoms in total. The molecule has 4 heteroatoms. The van der Waals surface area contributed by atoms with Crippen LogP contribution in [-0.2, 0) is 9.53 Å². The molecule has 0 aromatic heterocycles. The van der Waals surface area contributed by atoms with Gasteiger partial charge in [0.25, 0.3) is 0 Å². The summed E-state index contributed by atoms with van der Waals surface area (Å²) in [4.78, 5) is 11.9. The summed E-state index contributed by atoms with van der Waals surface area (Å²) >= 11 is 0. The van der Waals surface area contributed by atoms with E-state index in [4.69, 9.17) is 4.74 Å². The van der Waals surface area contributed by atoms with Gasteiger partial charge in [-0.25, -0.2) is 0 Å². The van der Waals surface area contributed by atoms with Gasteiger partial charge in [-0.3, -0.25) is 4.79 Å². The molecular formula is C15H28N2O2. The van der Waals surface area contributed by atoms with E-state index in [-0.39, 0.29) is 11.8 Å². The van der Waals surface area contributed by atoms with Crippen LogP contribution in [0.1, 0.15) is 45.4 Å². The highest BCUT2D eigenvalue weighted by atomic mass is 16.5. The second-order valence-electron chi connectivity index (χ2n) is 6.01. The Balaban J connectivity index is 1.56. The number of hydrogen-bond donors (Lipinski definition) is 2. The summed E-state index contributed by atoms with van der Waals surface area (Å²) in [5.74, 6) is 1.02. The Bertz CT molecular complexity index is 277. The molecule has 1 saturated heterocycles. The van der Waals surface area contributed by atoms with Crippen molar-refractivity contribution in [3.63, 3.8) is 0 Å². The second kappa shape index (κ2) is 7.85. The molecule has 110 valence electrons. The standard InChI is InChI=1S/C15H28N2O2/c1-12-5-2-3-7-14(12)19-10-9-17-15(18)13-6-4-8-16-11-13/h12-14,16H,2-11H2,1H3,(H,17,18). The highest BCUT2D eigenvalue weighted by molar-refractivity contribution is 5.78. The Morgan fingerprint density at radius 2 is 2.11 bits per heavy atom. The molecule has 0 aromatic carbocycles. The van der Waals surface area contributed by atoms with Crippen molar-refractivity contribution in [2.24, 2.45) is 11.8 Å². The molecular weight excluding hydrogens is 240 g/mol. The number of amides is 1. The van der Waals surface area contributed by atoms with Crippen molar-refractivity contribution in [1.82, 2.24) is 10.6 Å². The first kappa shape index (κ1) is 14.8. The zero-order valence-corrected chi connectivity index (χ0v) is 12.1. The molecule has 19 heavy (non-hydrogen) atoms. The number of piperidine rings is 1. The lowest BCUT2D eigenvalue weighted by Crippen LogP contribution is -2.41. The third-order valence-electron chi connectivity index (χ3n) is 4.43. The van der Waals surface area contributed by atoms with Gasteiger partial charge in [-0.15, -0.1) is 0 Å². The molecule has 3 unspecified atom stereocenters. The Labute approximate surface area is 116 Å². The Hall–Kier alpha value is -0.610. The zero-order valence-electron chi connectivity index (χ0n) is 12.1. The van der Waals surface area contributed by atoms with Gasteiger partial charge in [-0.05, 0) is 38.1 Å². The van der Waals surface area contributed by atoms with Gasteiger partial charge in [0.15, 0.2) is 0 Å². The normalized spacial score (nSPS) is 31.9. The van der Waals surface area contributed by atoms with E-state index in [0.29, 0.717) is 25.2 Å². The van der Waals surface area contributed by atoms with Crippen LogP contribution in [0.25, 0.3) is 0 Å². The van der Waals surface area contributed by atoms with Crippen LogP contribution in [0.2, 0.25) is 0 Å². The first-order valence-corrected chi connectivity index (χ1v) is 7.87. The van der Waals surface area contributed by atoms with E-state index in [2.05, 4.69) is 17.6 Å². The van der Waals surface area contributed by atoms with Crippen LogP contribution in [0, 0.1) is 11.8 Å². The fourth-order valence-corrected chi connectivity index (χ4v) is 3.13. The van der Waals surface area contributed by atoms with Gasteiger partial charge in [0.2, 0.25) is 5.91 Å². The van der Waals surface area contributed by atoms with Crippen molar-refractivity contribution in [2.45, 2.75) is 51.6 Å². The summed E-state index contributed by atoms with van der Waals surface area (Å²) in [6.45, 7) is 5.45. The van der Waals surface area contributed by atoms with Crippen molar-refractivity contribution in [2.75, 3.05) is 26.2 Å². The number of carbonyl (C=O) groups is 1.